The average Bonchev–Trinajstić information content (AvgIpc) is 3.57. The first-order valence-electron chi connectivity index (χ1n) is 17.6. The number of fused-ring (bicyclic) bond motifs is 2. The van der Waals surface area contributed by atoms with E-state index in [1.807, 2.05) is 6.92 Å². The van der Waals surface area contributed by atoms with Gasteiger partial charge in [0.25, 0.3) is 0 Å². The highest BCUT2D eigenvalue weighted by Crippen LogP contribution is 2.89. The summed E-state index contributed by atoms with van der Waals surface area (Å²) in [6, 6.07) is 0. The van der Waals surface area contributed by atoms with Crippen molar-refractivity contribution in [3.8, 4) is 0 Å². The van der Waals surface area contributed by atoms with Crippen molar-refractivity contribution in [2.24, 2.45) is 50.7 Å². The van der Waals surface area contributed by atoms with Gasteiger partial charge in [-0.1, -0.05) is 46.3 Å². The van der Waals surface area contributed by atoms with E-state index in [4.69, 9.17) is 9.47 Å². The smallest absolute Gasteiger partial charge is 0.186 e. The van der Waals surface area contributed by atoms with E-state index in [0.29, 0.717) is 18.3 Å². The lowest BCUT2D eigenvalue weighted by atomic mass is 9.41. The molecule has 9 heteroatoms. The summed E-state index contributed by atoms with van der Waals surface area (Å²) in [5.74, 6) is 0.885. The second-order valence-corrected chi connectivity index (χ2v) is 17.4. The second-order valence-electron chi connectivity index (χ2n) is 17.4. The van der Waals surface area contributed by atoms with Crippen LogP contribution in [0.15, 0.2) is 11.6 Å². The minimum absolute atomic E-state index is 0.000313. The lowest BCUT2D eigenvalue weighted by molar-refractivity contribution is -0.329. The Morgan fingerprint density at radius 1 is 0.911 bits per heavy atom. The molecule has 45 heavy (non-hydrogen) atoms. The number of hydrogen-bond acceptors (Lipinski definition) is 9. The van der Waals surface area contributed by atoms with Gasteiger partial charge in [0, 0.05) is 0 Å². The van der Waals surface area contributed by atoms with Crippen LogP contribution in [-0.2, 0) is 9.47 Å². The maximum absolute atomic E-state index is 12.1. The summed E-state index contributed by atoms with van der Waals surface area (Å²) in [4.78, 5) is 0. The first-order chi connectivity index (χ1) is 21.0. The molecule has 1 heterocycles. The van der Waals surface area contributed by atoms with Crippen molar-refractivity contribution in [1.29, 1.82) is 0 Å². The minimum atomic E-state index is -1.49. The van der Waals surface area contributed by atoms with Crippen LogP contribution in [0.2, 0.25) is 0 Å². The summed E-state index contributed by atoms with van der Waals surface area (Å²) in [6.45, 7) is 13.0. The molecule has 7 N–H and O–H groups in total. The van der Waals surface area contributed by atoms with Crippen molar-refractivity contribution in [1.82, 2.24) is 0 Å². The summed E-state index contributed by atoms with van der Waals surface area (Å²) < 4.78 is 12.1. The lowest BCUT2D eigenvalue weighted by Crippen LogP contribution is -2.63. The third-order valence-electron chi connectivity index (χ3n) is 15.2. The van der Waals surface area contributed by atoms with E-state index in [1.54, 1.807) is 0 Å². The van der Waals surface area contributed by atoms with Gasteiger partial charge in [-0.2, -0.15) is 0 Å². The Balaban J connectivity index is 1.23. The third-order valence-corrected chi connectivity index (χ3v) is 15.2. The number of aliphatic hydroxyl groups is 7. The van der Waals surface area contributed by atoms with Crippen LogP contribution in [0, 0.1) is 50.7 Å². The van der Waals surface area contributed by atoms with Gasteiger partial charge < -0.3 is 45.2 Å². The number of rotatable bonds is 8. The van der Waals surface area contributed by atoms with Crippen LogP contribution in [0.5, 0.6) is 0 Å². The molecule has 6 rings (SSSR count). The van der Waals surface area contributed by atoms with E-state index in [9.17, 15) is 35.7 Å². The normalized spacial score (nSPS) is 54.4. The van der Waals surface area contributed by atoms with Gasteiger partial charge in [-0.15, -0.1) is 0 Å². The summed E-state index contributed by atoms with van der Waals surface area (Å²) in [7, 11) is 0. The first-order valence-corrected chi connectivity index (χ1v) is 17.6. The number of aliphatic hydroxyl groups excluding tert-OH is 7. The van der Waals surface area contributed by atoms with Crippen molar-refractivity contribution in [3.63, 3.8) is 0 Å². The van der Waals surface area contributed by atoms with E-state index >= 15 is 0 Å². The van der Waals surface area contributed by atoms with Gasteiger partial charge in [-0.05, 0) is 115 Å². The second kappa shape index (κ2) is 11.5. The monoisotopic (exact) mass is 636 g/mol. The molecule has 258 valence electrons. The van der Waals surface area contributed by atoms with Crippen LogP contribution in [-0.4, -0.2) is 98.0 Å². The number of hydrogen-bond donors (Lipinski definition) is 7. The average molecular weight is 637 g/mol. The zero-order valence-electron chi connectivity index (χ0n) is 28.2. The van der Waals surface area contributed by atoms with Crippen LogP contribution in [0.3, 0.4) is 0 Å². The van der Waals surface area contributed by atoms with Gasteiger partial charge in [0.15, 0.2) is 6.29 Å². The molecule has 0 aromatic rings. The number of ether oxygens (including phenoxy) is 2. The molecule has 0 amide bonds. The highest BCUT2D eigenvalue weighted by molar-refractivity contribution is 5.32. The summed E-state index contributed by atoms with van der Waals surface area (Å²) in [6.07, 6.45) is 2.61. The zero-order chi connectivity index (χ0) is 32.9. The van der Waals surface area contributed by atoms with E-state index in [1.165, 1.54) is 0 Å². The van der Waals surface area contributed by atoms with Crippen molar-refractivity contribution in [2.45, 2.75) is 148 Å². The largest absolute Gasteiger partial charge is 0.394 e. The molecule has 6 fully saturated rings. The lowest BCUT2D eigenvalue weighted by Gasteiger charge is -2.64. The first kappa shape index (κ1) is 34.3. The van der Waals surface area contributed by atoms with E-state index in [0.717, 1.165) is 56.9 Å². The maximum Gasteiger partial charge on any atom is 0.186 e. The zero-order valence-corrected chi connectivity index (χ0v) is 28.2. The van der Waals surface area contributed by atoms with Crippen LogP contribution < -0.4 is 0 Å². The van der Waals surface area contributed by atoms with Crippen molar-refractivity contribution in [2.75, 3.05) is 13.2 Å². The van der Waals surface area contributed by atoms with Gasteiger partial charge in [0.2, 0.25) is 0 Å². The molecular weight excluding hydrogens is 576 g/mol. The van der Waals surface area contributed by atoms with Gasteiger partial charge in [0.1, 0.15) is 24.4 Å². The standard InChI is InChI=1S/C36H60O9/c1-19(16-37)8-7-9-20(2)26-22(40)15-34(6)24-14-21(39)30-32(3,4)25(45-31-29(43)28(42)27(41)23(17-38)44-31)10-11-36(30)18-35(24,36)13-12-33(26,34)5/h8,20-31,37-43H,7,9-18H2,1-6H3/b19-8+/t20-,21+,22+,23-,24+,25+,26+,27-,28+,29-,30-,31+,33-,34+,35+,36-/m1/s1. The molecular formula is C36H60O9. The number of allylic oxidation sites excluding steroid dienone is 1. The molecule has 6 aliphatic rings. The summed E-state index contributed by atoms with van der Waals surface area (Å²) in [5.41, 5.74) is 0.579. The fourth-order valence-corrected chi connectivity index (χ4v) is 12.9. The molecule has 1 saturated heterocycles. The Morgan fingerprint density at radius 2 is 1.62 bits per heavy atom. The molecule has 2 spiro atoms. The SMILES string of the molecule is C/C(=C\CC[C@@H](C)[C@H]1[C@@H](O)C[C@@]2(C)[C@@H]3C[C@H](O)[C@@H]4C(C)(C)[C@@H](O[C@@H]5O[C@H](CO)[C@@H](O)[C@H](O)[C@H]5O)CC[C@@]45C[C@@]35CC[C@]12C)CO. The highest BCUT2D eigenvalue weighted by Gasteiger charge is 2.84. The quantitative estimate of drug-likeness (QED) is 0.157. The Labute approximate surface area is 269 Å². The molecule has 0 aromatic heterocycles. The Kier molecular flexibility index (Phi) is 8.74. The van der Waals surface area contributed by atoms with E-state index < -0.39 is 48.8 Å². The minimum Gasteiger partial charge on any atom is -0.394 e. The Bertz CT molecular complexity index is 1140. The van der Waals surface area contributed by atoms with Gasteiger partial charge in [-0.3, -0.25) is 0 Å². The fourth-order valence-electron chi connectivity index (χ4n) is 12.9. The van der Waals surface area contributed by atoms with Crippen LogP contribution in [0.25, 0.3) is 0 Å². The Hall–Kier alpha value is -0.620. The van der Waals surface area contributed by atoms with Crippen molar-refractivity contribution >= 4 is 0 Å². The molecule has 0 unspecified atom stereocenters. The van der Waals surface area contributed by atoms with Crippen molar-refractivity contribution in [3.05, 3.63) is 11.6 Å². The molecule has 1 aliphatic heterocycles. The predicted molar refractivity (Wildman–Crippen MR) is 168 cm³/mol. The van der Waals surface area contributed by atoms with Gasteiger partial charge >= 0.3 is 0 Å². The summed E-state index contributed by atoms with van der Waals surface area (Å²) >= 11 is 0. The van der Waals surface area contributed by atoms with E-state index in [2.05, 4.69) is 40.7 Å². The molecule has 0 bridgehead atoms. The van der Waals surface area contributed by atoms with Crippen molar-refractivity contribution < 1.29 is 45.2 Å². The van der Waals surface area contributed by atoms with Crippen LogP contribution in [0.1, 0.15) is 99.3 Å². The van der Waals surface area contributed by atoms with Gasteiger partial charge in [-0.25, -0.2) is 0 Å². The Morgan fingerprint density at radius 3 is 2.29 bits per heavy atom. The molecule has 9 nitrogen and oxygen atoms in total. The van der Waals surface area contributed by atoms with E-state index in [-0.39, 0.29) is 52.3 Å². The molecule has 5 aliphatic carbocycles. The molecule has 5 saturated carbocycles. The summed E-state index contributed by atoms with van der Waals surface area (Å²) in [5, 5.41) is 74.2. The maximum atomic E-state index is 12.1. The third kappa shape index (κ3) is 4.73. The molecule has 16 atom stereocenters. The molecule has 0 radical (unpaired) electrons. The topological polar surface area (TPSA) is 160 Å². The van der Waals surface area contributed by atoms with Gasteiger partial charge in [0.05, 0.1) is 31.5 Å². The van der Waals surface area contributed by atoms with Crippen LogP contribution in [0.4, 0.5) is 0 Å². The van der Waals surface area contributed by atoms with Crippen LogP contribution >= 0.6 is 0 Å². The predicted octanol–water partition coefficient (Wildman–Crippen LogP) is 2.91. The molecule has 0 aromatic carbocycles. The highest BCUT2D eigenvalue weighted by atomic mass is 16.7. The fraction of sp³-hybridized carbons (Fsp3) is 0.944.